The van der Waals surface area contributed by atoms with E-state index in [0.29, 0.717) is 17.8 Å². The van der Waals surface area contributed by atoms with Gasteiger partial charge in [-0.3, -0.25) is 4.79 Å². The Hall–Kier alpha value is -3.09. The summed E-state index contributed by atoms with van der Waals surface area (Å²) in [7, 11) is 0. The highest BCUT2D eigenvalue weighted by Gasteiger charge is 2.37. The first-order valence-electron chi connectivity index (χ1n) is 11.7. The Kier molecular flexibility index (Phi) is 8.03. The Morgan fingerprint density at radius 2 is 1.71 bits per heavy atom. The molecule has 1 aliphatic heterocycles. The number of aryl methyl sites for hydroxylation is 1. The molecule has 2 atom stereocenters. The zero-order valence-corrected chi connectivity index (χ0v) is 20.5. The fraction of sp³-hybridized carbons (Fsp3) is 0.286. The molecule has 2 N–H and O–H groups in total. The molecule has 1 saturated heterocycles. The number of carbonyl (C=O) groups excluding carboxylic acids is 1. The lowest BCUT2D eigenvalue weighted by Gasteiger charge is -2.24. The van der Waals surface area contributed by atoms with Gasteiger partial charge in [0.25, 0.3) is 0 Å². The molecule has 0 saturated carbocycles. The maximum absolute atomic E-state index is 12.0. The normalized spacial score (nSPS) is 18.9. The number of aliphatic imine (C=N–C) groups is 1. The predicted octanol–water partition coefficient (Wildman–Crippen LogP) is 5.88. The van der Waals surface area contributed by atoms with E-state index in [9.17, 15) is 9.90 Å². The molecule has 0 spiro atoms. The van der Waals surface area contributed by atoms with Crippen molar-refractivity contribution in [3.05, 3.63) is 95.6 Å². The van der Waals surface area contributed by atoms with Crippen molar-refractivity contribution in [1.29, 1.82) is 0 Å². The third-order valence-electron chi connectivity index (χ3n) is 5.90. The van der Waals surface area contributed by atoms with Gasteiger partial charge in [-0.1, -0.05) is 72.4 Å². The lowest BCUT2D eigenvalue weighted by Crippen LogP contribution is -2.36. The molecule has 0 aromatic heterocycles. The summed E-state index contributed by atoms with van der Waals surface area (Å²) in [5, 5.41) is 15.4. The van der Waals surface area contributed by atoms with Crippen LogP contribution in [0.2, 0.25) is 0 Å². The van der Waals surface area contributed by atoms with Crippen LogP contribution >= 0.6 is 11.8 Å². The van der Waals surface area contributed by atoms with Crippen LogP contribution in [0.1, 0.15) is 41.8 Å². The molecule has 6 heteroatoms. The molecule has 3 aromatic rings. The standard InChI is InChI=1S/C28H31N3O2S/c1-3-29-24-16-15-23(20(2)32)18-25(24)30-28-31(19-22-12-8-5-9-13-22)27(33)26(34-28)17-14-21-10-6-4-7-11-21/h4-13,15-16,18,26-27,29,33H,3,14,17,19H2,1-2H3/b30-28-. The van der Waals surface area contributed by atoms with Crippen LogP contribution in [0, 0.1) is 0 Å². The second-order valence-electron chi connectivity index (χ2n) is 8.42. The van der Waals surface area contributed by atoms with Gasteiger partial charge in [-0.25, -0.2) is 4.99 Å². The van der Waals surface area contributed by atoms with Crippen LogP contribution in [0.4, 0.5) is 11.4 Å². The van der Waals surface area contributed by atoms with E-state index in [2.05, 4.69) is 29.6 Å². The Balaban J connectivity index is 1.65. The Morgan fingerprint density at radius 1 is 1.03 bits per heavy atom. The van der Waals surface area contributed by atoms with Gasteiger partial charge < -0.3 is 15.3 Å². The second-order valence-corrected chi connectivity index (χ2v) is 9.63. The number of benzene rings is 3. The third-order valence-corrected chi connectivity index (χ3v) is 7.22. The van der Waals surface area contributed by atoms with E-state index in [1.807, 2.05) is 66.4 Å². The summed E-state index contributed by atoms with van der Waals surface area (Å²) >= 11 is 1.61. The minimum atomic E-state index is -0.647. The first-order chi connectivity index (χ1) is 16.5. The average Bonchev–Trinajstić information content (AvgIpc) is 3.14. The van der Waals surface area contributed by atoms with Crippen molar-refractivity contribution < 1.29 is 9.90 Å². The van der Waals surface area contributed by atoms with Crippen molar-refractivity contribution in [3.8, 4) is 0 Å². The number of aliphatic hydroxyl groups excluding tert-OH is 1. The number of hydrogen-bond donors (Lipinski definition) is 2. The Bertz CT molecular complexity index is 1130. The van der Waals surface area contributed by atoms with Gasteiger partial charge >= 0.3 is 0 Å². The summed E-state index contributed by atoms with van der Waals surface area (Å²) in [6.45, 7) is 4.92. The van der Waals surface area contributed by atoms with E-state index in [4.69, 9.17) is 4.99 Å². The second kappa shape index (κ2) is 11.4. The molecule has 1 fully saturated rings. The highest BCUT2D eigenvalue weighted by atomic mass is 32.2. The molecule has 176 valence electrons. The topological polar surface area (TPSA) is 64.9 Å². The molecular weight excluding hydrogens is 442 g/mol. The molecule has 0 bridgehead atoms. The van der Waals surface area contributed by atoms with Gasteiger partial charge in [-0.15, -0.1) is 0 Å². The summed E-state index contributed by atoms with van der Waals surface area (Å²) in [5.74, 6) is 0.00508. The highest BCUT2D eigenvalue weighted by molar-refractivity contribution is 8.14. The summed E-state index contributed by atoms with van der Waals surface area (Å²) in [4.78, 5) is 19.0. The van der Waals surface area contributed by atoms with E-state index in [-0.39, 0.29) is 11.0 Å². The van der Waals surface area contributed by atoms with Crippen LogP contribution in [0.15, 0.2) is 83.9 Å². The number of hydrogen-bond acceptors (Lipinski definition) is 5. The monoisotopic (exact) mass is 473 g/mol. The van der Waals surface area contributed by atoms with Crippen molar-refractivity contribution in [2.45, 2.75) is 44.7 Å². The summed E-state index contributed by atoms with van der Waals surface area (Å²) < 4.78 is 0. The molecule has 34 heavy (non-hydrogen) atoms. The fourth-order valence-corrected chi connectivity index (χ4v) is 5.29. The van der Waals surface area contributed by atoms with Crippen molar-refractivity contribution in [2.75, 3.05) is 11.9 Å². The van der Waals surface area contributed by atoms with Crippen molar-refractivity contribution in [1.82, 2.24) is 4.90 Å². The Morgan fingerprint density at radius 3 is 2.35 bits per heavy atom. The van der Waals surface area contributed by atoms with E-state index in [1.165, 1.54) is 5.56 Å². The Labute approximate surface area is 205 Å². The van der Waals surface area contributed by atoms with Gasteiger partial charge in [0, 0.05) is 18.7 Å². The minimum Gasteiger partial charge on any atom is -0.384 e. The highest BCUT2D eigenvalue weighted by Crippen LogP contribution is 2.38. The average molecular weight is 474 g/mol. The van der Waals surface area contributed by atoms with E-state index in [1.54, 1.807) is 18.7 Å². The van der Waals surface area contributed by atoms with E-state index >= 15 is 0 Å². The van der Waals surface area contributed by atoms with Gasteiger partial charge in [0.15, 0.2) is 11.0 Å². The number of anilines is 1. The summed E-state index contributed by atoms with van der Waals surface area (Å²) in [6.07, 6.45) is 1.09. The number of nitrogens with zero attached hydrogens (tertiary/aromatic N) is 2. The molecule has 5 nitrogen and oxygen atoms in total. The predicted molar refractivity (Wildman–Crippen MR) is 142 cm³/mol. The van der Waals surface area contributed by atoms with Crippen LogP contribution in [-0.2, 0) is 13.0 Å². The van der Waals surface area contributed by atoms with Gasteiger partial charge in [-0.2, -0.15) is 0 Å². The zero-order valence-electron chi connectivity index (χ0n) is 19.6. The number of aliphatic hydroxyl groups is 1. The molecule has 0 aliphatic carbocycles. The number of carbonyl (C=O) groups is 1. The molecule has 1 heterocycles. The molecule has 0 amide bonds. The maximum atomic E-state index is 12.0. The third kappa shape index (κ3) is 5.88. The number of Topliss-reactive ketones (excluding diaryl/α,β-unsaturated/α-hetero) is 1. The van der Waals surface area contributed by atoms with Crippen LogP contribution in [0.25, 0.3) is 0 Å². The quantitative estimate of drug-likeness (QED) is 0.380. The molecule has 1 aliphatic rings. The van der Waals surface area contributed by atoms with E-state index < -0.39 is 6.23 Å². The van der Waals surface area contributed by atoms with Crippen LogP contribution < -0.4 is 5.32 Å². The van der Waals surface area contributed by atoms with Gasteiger partial charge in [-0.05, 0) is 56.0 Å². The first kappa shape index (κ1) is 24.0. The van der Waals surface area contributed by atoms with Crippen LogP contribution in [0.3, 0.4) is 0 Å². The SMILES string of the molecule is CCNc1ccc(C(C)=O)cc1/N=C1\SC(CCc2ccccc2)C(O)N1Cc1ccccc1. The van der Waals surface area contributed by atoms with Crippen molar-refractivity contribution in [2.24, 2.45) is 4.99 Å². The largest absolute Gasteiger partial charge is 0.384 e. The molecule has 2 unspecified atom stereocenters. The number of nitrogens with one attached hydrogen (secondary N) is 1. The molecule has 4 rings (SSSR count). The maximum Gasteiger partial charge on any atom is 0.167 e. The van der Waals surface area contributed by atoms with Crippen molar-refractivity contribution in [3.63, 3.8) is 0 Å². The zero-order chi connectivity index (χ0) is 23.9. The lowest BCUT2D eigenvalue weighted by atomic mass is 10.1. The smallest absolute Gasteiger partial charge is 0.167 e. The van der Waals surface area contributed by atoms with Gasteiger partial charge in [0.1, 0.15) is 6.23 Å². The number of ketones is 1. The number of thioether (sulfide) groups is 1. The molecular formula is C28H31N3O2S. The summed E-state index contributed by atoms with van der Waals surface area (Å²) in [6, 6.07) is 26.1. The number of rotatable bonds is 9. The fourth-order valence-electron chi connectivity index (χ4n) is 4.06. The van der Waals surface area contributed by atoms with Gasteiger partial charge in [0.05, 0.1) is 16.6 Å². The van der Waals surface area contributed by atoms with Crippen molar-refractivity contribution >= 4 is 34.1 Å². The molecule has 3 aromatic carbocycles. The lowest BCUT2D eigenvalue weighted by molar-refractivity contribution is 0.0538. The first-order valence-corrected chi connectivity index (χ1v) is 12.6. The number of amidine groups is 1. The van der Waals surface area contributed by atoms with Crippen LogP contribution in [-0.4, -0.2) is 39.0 Å². The van der Waals surface area contributed by atoms with E-state index in [0.717, 1.165) is 35.8 Å². The minimum absolute atomic E-state index is 0.00115. The molecule has 0 radical (unpaired) electrons. The summed E-state index contributed by atoms with van der Waals surface area (Å²) in [5.41, 5.74) is 4.59. The van der Waals surface area contributed by atoms with Gasteiger partial charge in [0.2, 0.25) is 0 Å². The van der Waals surface area contributed by atoms with Crippen LogP contribution in [0.5, 0.6) is 0 Å².